The second-order valence-corrected chi connectivity index (χ2v) is 25.4. The van der Waals surface area contributed by atoms with Crippen molar-refractivity contribution in [2.45, 2.75) is 13.8 Å². The zero-order valence-corrected chi connectivity index (χ0v) is 14.2. The Bertz CT molecular complexity index is 431. The molecule has 3 heterocycles. The first-order valence-corrected chi connectivity index (χ1v) is 14.5. The number of rotatable bonds is 0. The first kappa shape index (κ1) is 12.1. The van der Waals surface area contributed by atoms with Crippen molar-refractivity contribution < 1.29 is 0 Å². The molecular weight excluding hydrogens is 325 g/mol. The van der Waals surface area contributed by atoms with Crippen LogP contribution in [0.5, 0.6) is 0 Å². The average Bonchev–Trinajstić information content (AvgIpc) is 2.45. The standard InChI is InChI=1S/C6H12Cl2N4P2S2/c1-5-9-11-13(3,7,15-5)12-10-6(2)16-14(11,12,4)8/h1-4H3. The maximum atomic E-state index is 6.86. The molecule has 4 nitrogen and oxygen atoms in total. The van der Waals surface area contributed by atoms with Crippen molar-refractivity contribution in [3.8, 4) is 0 Å². The van der Waals surface area contributed by atoms with Crippen LogP contribution in [0.1, 0.15) is 13.8 Å². The molecule has 0 spiro atoms. The van der Waals surface area contributed by atoms with Gasteiger partial charge in [0.05, 0.1) is 0 Å². The molecule has 0 N–H and O–H groups in total. The average molecular weight is 337 g/mol. The molecule has 0 bridgehead atoms. The fourth-order valence-electron chi connectivity index (χ4n) is 2.44. The topological polar surface area (TPSA) is 31.2 Å². The summed E-state index contributed by atoms with van der Waals surface area (Å²) in [5, 5.41) is 11.1. The van der Waals surface area contributed by atoms with Crippen LogP contribution >= 0.6 is 56.2 Å². The molecule has 3 aliphatic rings. The van der Waals surface area contributed by atoms with Crippen LogP contribution in [-0.2, 0) is 0 Å². The molecule has 0 unspecified atom stereocenters. The van der Waals surface area contributed by atoms with E-state index in [0.29, 0.717) is 0 Å². The van der Waals surface area contributed by atoms with Crippen molar-refractivity contribution in [2.24, 2.45) is 10.2 Å². The van der Waals surface area contributed by atoms with Crippen molar-refractivity contribution in [3.05, 3.63) is 0 Å². The van der Waals surface area contributed by atoms with Crippen LogP contribution in [0.25, 0.3) is 0 Å². The van der Waals surface area contributed by atoms with Crippen LogP contribution in [0.3, 0.4) is 0 Å². The van der Waals surface area contributed by atoms with Crippen LogP contribution < -0.4 is 0 Å². The third kappa shape index (κ3) is 1.06. The van der Waals surface area contributed by atoms with Gasteiger partial charge in [-0.3, -0.25) is 0 Å². The molecule has 0 aromatic heterocycles. The number of halogens is 2. The van der Waals surface area contributed by atoms with Crippen LogP contribution in [0, 0.1) is 0 Å². The SMILES string of the molecule is CC1=NN2P(C)(Cl)(S1)N1N=C(C)SP21(C)Cl. The molecule has 0 saturated carbocycles. The second kappa shape index (κ2) is 2.66. The summed E-state index contributed by atoms with van der Waals surface area (Å²) in [7, 11) is 0. The van der Waals surface area contributed by atoms with Crippen molar-refractivity contribution in [1.29, 1.82) is 0 Å². The summed E-state index contributed by atoms with van der Waals surface area (Å²) in [6.07, 6.45) is 0. The zero-order chi connectivity index (χ0) is 12.0. The van der Waals surface area contributed by atoms with Crippen LogP contribution in [0.4, 0.5) is 0 Å². The normalized spacial score (nSPS) is 40.1. The molecule has 3 aliphatic heterocycles. The van der Waals surface area contributed by atoms with E-state index in [0.717, 1.165) is 10.1 Å². The van der Waals surface area contributed by atoms with Crippen LogP contribution in [0.15, 0.2) is 10.2 Å². The maximum absolute atomic E-state index is 6.86. The Morgan fingerprint density at radius 2 is 1.25 bits per heavy atom. The summed E-state index contributed by atoms with van der Waals surface area (Å²) < 4.78 is 3.98. The van der Waals surface area contributed by atoms with Crippen LogP contribution in [0.2, 0.25) is 0 Å². The first-order valence-electron chi connectivity index (χ1n) is 4.65. The van der Waals surface area contributed by atoms with Gasteiger partial charge in [0, 0.05) is 0 Å². The van der Waals surface area contributed by atoms with Crippen molar-refractivity contribution in [2.75, 3.05) is 13.3 Å². The summed E-state index contributed by atoms with van der Waals surface area (Å²) in [5.41, 5.74) is -5.50. The summed E-state index contributed by atoms with van der Waals surface area (Å²) in [6, 6.07) is 0. The quantitative estimate of drug-likeness (QED) is 0.587. The first-order chi connectivity index (χ1) is 7.06. The molecule has 92 valence electrons. The molecule has 0 aromatic rings. The van der Waals surface area contributed by atoms with E-state index in [2.05, 4.69) is 10.2 Å². The number of hydrogen-bond acceptors (Lipinski definition) is 6. The molecular formula is C6H12Cl2N4P2S2. The number of nitrogens with zero attached hydrogens (tertiary/aromatic N) is 4. The van der Waals surface area contributed by atoms with Gasteiger partial charge in [0.1, 0.15) is 0 Å². The van der Waals surface area contributed by atoms with Gasteiger partial charge in [-0.25, -0.2) is 0 Å². The third-order valence-electron chi connectivity index (χ3n) is 2.74. The van der Waals surface area contributed by atoms with Gasteiger partial charge in [-0.1, -0.05) is 0 Å². The van der Waals surface area contributed by atoms with Crippen LogP contribution in [-0.4, -0.2) is 32.5 Å². The molecule has 1 fully saturated rings. The van der Waals surface area contributed by atoms with E-state index in [4.69, 9.17) is 22.5 Å². The van der Waals surface area contributed by atoms with Crippen molar-refractivity contribution in [3.63, 3.8) is 0 Å². The van der Waals surface area contributed by atoms with Gasteiger partial charge in [-0.05, 0) is 0 Å². The molecule has 0 aliphatic carbocycles. The summed E-state index contributed by atoms with van der Waals surface area (Å²) in [6.45, 7) is 8.02. The Labute approximate surface area is 112 Å². The minimum atomic E-state index is -2.75. The van der Waals surface area contributed by atoms with E-state index in [1.807, 2.05) is 36.3 Å². The molecule has 0 radical (unpaired) electrons. The molecule has 0 aromatic carbocycles. The predicted molar refractivity (Wildman–Crippen MR) is 82.5 cm³/mol. The fraction of sp³-hybridized carbons (Fsp3) is 0.667. The monoisotopic (exact) mass is 336 g/mol. The van der Waals surface area contributed by atoms with Gasteiger partial charge >= 0.3 is 113 Å². The number of fused-ring (bicyclic) bond motifs is 4. The van der Waals surface area contributed by atoms with Crippen molar-refractivity contribution in [1.82, 2.24) is 9.10 Å². The second-order valence-electron chi connectivity index (χ2n) is 4.41. The van der Waals surface area contributed by atoms with E-state index >= 15 is 0 Å². The summed E-state index contributed by atoms with van der Waals surface area (Å²) in [5.74, 6) is 0. The fourth-order valence-corrected chi connectivity index (χ4v) is 37.5. The van der Waals surface area contributed by atoms with Gasteiger partial charge < -0.3 is 0 Å². The molecule has 16 heavy (non-hydrogen) atoms. The predicted octanol–water partition coefficient (Wildman–Crippen LogP) is 4.93. The molecule has 1 saturated heterocycles. The molecule has 10 heteroatoms. The van der Waals surface area contributed by atoms with Gasteiger partial charge in [0.15, 0.2) is 0 Å². The van der Waals surface area contributed by atoms with E-state index in [1.165, 1.54) is 0 Å². The molecule has 3 rings (SSSR count). The van der Waals surface area contributed by atoms with E-state index < -0.39 is 10.9 Å². The molecule has 0 amide bonds. The van der Waals surface area contributed by atoms with Gasteiger partial charge in [0.2, 0.25) is 0 Å². The Morgan fingerprint density at radius 1 is 0.938 bits per heavy atom. The van der Waals surface area contributed by atoms with Gasteiger partial charge in [-0.2, -0.15) is 0 Å². The molecule has 0 atom stereocenters. The Kier molecular flexibility index (Phi) is 2.02. The number of hydrogen-bond donors (Lipinski definition) is 0. The zero-order valence-electron chi connectivity index (χ0n) is 9.26. The summed E-state index contributed by atoms with van der Waals surface area (Å²) in [4.78, 5) is 0. The van der Waals surface area contributed by atoms with Gasteiger partial charge in [0.25, 0.3) is 0 Å². The van der Waals surface area contributed by atoms with Crippen molar-refractivity contribution >= 4 is 66.3 Å². The number of hydrazone groups is 2. The van der Waals surface area contributed by atoms with E-state index in [-0.39, 0.29) is 0 Å². The Morgan fingerprint density at radius 3 is 1.56 bits per heavy atom. The Balaban J connectivity index is 2.20. The summed E-state index contributed by atoms with van der Waals surface area (Å²) >= 11 is 17.0. The van der Waals surface area contributed by atoms with E-state index in [9.17, 15) is 0 Å². The van der Waals surface area contributed by atoms with Gasteiger partial charge in [-0.15, -0.1) is 0 Å². The minimum absolute atomic E-state index is 0.976. The Hall–Kier alpha value is 1.08. The van der Waals surface area contributed by atoms with E-state index in [1.54, 1.807) is 22.8 Å². The third-order valence-corrected chi connectivity index (χ3v) is 24.7.